The molecule has 0 unspecified atom stereocenters. The van der Waals surface area contributed by atoms with E-state index in [4.69, 9.17) is 9.47 Å². The molecule has 2 aliphatic rings. The van der Waals surface area contributed by atoms with Crippen molar-refractivity contribution in [3.63, 3.8) is 0 Å². The van der Waals surface area contributed by atoms with E-state index >= 15 is 0 Å². The van der Waals surface area contributed by atoms with Gasteiger partial charge in [-0.05, 0) is 92.8 Å². The van der Waals surface area contributed by atoms with Gasteiger partial charge in [0, 0.05) is 48.4 Å². The molecular weight excluding hydrogens is 473 g/mol. The third-order valence-electron chi connectivity index (χ3n) is 8.59. The van der Waals surface area contributed by atoms with Gasteiger partial charge in [0.25, 0.3) is 0 Å². The zero-order chi connectivity index (χ0) is 25.7. The highest BCUT2D eigenvalue weighted by atomic mass is 19.1. The van der Waals surface area contributed by atoms with E-state index in [1.54, 1.807) is 13.0 Å². The van der Waals surface area contributed by atoms with E-state index in [0.29, 0.717) is 31.6 Å². The molecule has 4 aromatic rings. The van der Waals surface area contributed by atoms with Crippen LogP contribution in [0.15, 0.2) is 36.5 Å². The van der Waals surface area contributed by atoms with E-state index in [9.17, 15) is 14.3 Å². The monoisotopic (exact) mass is 505 g/mol. The predicted octanol–water partition coefficient (Wildman–Crippen LogP) is 5.98. The summed E-state index contributed by atoms with van der Waals surface area (Å²) in [5, 5.41) is 19.4. The van der Waals surface area contributed by atoms with Crippen LogP contribution in [0.2, 0.25) is 0 Å². The zero-order valence-electron chi connectivity index (χ0n) is 21.2. The van der Waals surface area contributed by atoms with Gasteiger partial charge in [-0.3, -0.25) is 5.10 Å². The highest BCUT2D eigenvalue weighted by Gasteiger charge is 2.44. The van der Waals surface area contributed by atoms with Gasteiger partial charge in [-0.1, -0.05) is 0 Å². The number of methoxy groups -OCH3 is 1. The summed E-state index contributed by atoms with van der Waals surface area (Å²) >= 11 is 0. The maximum atomic E-state index is 14.3. The molecule has 6 rings (SSSR count). The summed E-state index contributed by atoms with van der Waals surface area (Å²) < 4.78 is 27.9. The minimum absolute atomic E-state index is 0.186. The summed E-state index contributed by atoms with van der Waals surface area (Å²) in [6.07, 6.45) is 6.02. The number of halogens is 1. The summed E-state index contributed by atoms with van der Waals surface area (Å²) in [6.45, 7) is 3.20. The van der Waals surface area contributed by atoms with Crippen LogP contribution in [-0.4, -0.2) is 51.8 Å². The molecule has 0 spiro atoms. The molecule has 37 heavy (non-hydrogen) atoms. The van der Waals surface area contributed by atoms with Gasteiger partial charge in [0.15, 0.2) is 5.60 Å². The molecule has 2 fully saturated rings. The number of aromatic nitrogens is 3. The average Bonchev–Trinajstić information content (AvgIpc) is 3.51. The molecule has 2 N–H and O–H groups in total. The van der Waals surface area contributed by atoms with Gasteiger partial charge in [-0.15, -0.1) is 0 Å². The fourth-order valence-corrected chi connectivity index (χ4v) is 6.50. The lowest BCUT2D eigenvalue weighted by atomic mass is 9.74. The van der Waals surface area contributed by atoms with Crippen LogP contribution < -0.4 is 0 Å². The lowest BCUT2D eigenvalue weighted by Crippen LogP contribution is -2.43. The minimum atomic E-state index is -1.13. The normalized spacial score (nSPS) is 23.2. The Bertz CT molecular complexity index is 1480. The van der Waals surface area contributed by atoms with Crippen LogP contribution in [0.3, 0.4) is 0 Å². The zero-order valence-corrected chi connectivity index (χ0v) is 21.2. The van der Waals surface area contributed by atoms with Gasteiger partial charge in [-0.25, -0.2) is 9.18 Å². The minimum Gasteiger partial charge on any atom is -0.479 e. The number of benzene rings is 2. The Morgan fingerprint density at radius 3 is 2.59 bits per heavy atom. The Hall–Kier alpha value is -3.23. The molecule has 1 aliphatic carbocycles. The van der Waals surface area contributed by atoms with Crippen LogP contribution in [0, 0.1) is 12.7 Å². The Morgan fingerprint density at radius 1 is 1.16 bits per heavy atom. The number of nitrogens with zero attached hydrogens (tertiary/aromatic N) is 2. The van der Waals surface area contributed by atoms with Crippen LogP contribution in [-0.2, 0) is 14.3 Å². The third kappa shape index (κ3) is 3.94. The van der Waals surface area contributed by atoms with Gasteiger partial charge >= 0.3 is 5.97 Å². The highest BCUT2D eigenvalue weighted by molar-refractivity contribution is 5.99. The molecule has 3 heterocycles. The van der Waals surface area contributed by atoms with Crippen molar-refractivity contribution >= 4 is 27.8 Å². The quantitative estimate of drug-likeness (QED) is 0.349. The fraction of sp³-hybridized carbons (Fsp3) is 0.448. The number of aryl methyl sites for hydroxylation is 1. The second-order valence-electron chi connectivity index (χ2n) is 10.6. The molecule has 2 aromatic heterocycles. The molecule has 1 saturated carbocycles. The van der Waals surface area contributed by atoms with Gasteiger partial charge in [0.05, 0.1) is 17.2 Å². The Kier molecular flexibility index (Phi) is 6.04. The van der Waals surface area contributed by atoms with Crippen LogP contribution in [0.25, 0.3) is 27.5 Å². The molecule has 0 bridgehead atoms. The third-order valence-corrected chi connectivity index (χ3v) is 8.59. The first-order valence-electron chi connectivity index (χ1n) is 13.1. The smallest absolute Gasteiger partial charge is 0.335 e. The first kappa shape index (κ1) is 24.1. The molecular formula is C29H32FN3O4. The number of carbonyl (C=O) groups is 1. The van der Waals surface area contributed by atoms with Crippen molar-refractivity contribution < 1.29 is 23.8 Å². The number of hydrogen-bond donors (Lipinski definition) is 2. The first-order chi connectivity index (χ1) is 17.9. The standard InChI is InChI=1S/C29H32FN3O4/c1-17-13-21(3-4-23(17)30)33-25-14-20-16-31-32-24(20)15-22(25)26(27(33)19-7-11-37-12-8-19)18-5-9-29(36-2,10-6-18)28(34)35/h3-4,13-16,18-19H,5-12H2,1-2H3,(H,31,32)(H,34,35)/t18-,29+. The Morgan fingerprint density at radius 2 is 1.92 bits per heavy atom. The first-order valence-corrected chi connectivity index (χ1v) is 13.1. The fourth-order valence-electron chi connectivity index (χ4n) is 6.50. The van der Waals surface area contributed by atoms with E-state index in [1.807, 2.05) is 18.3 Å². The molecule has 1 aliphatic heterocycles. The van der Waals surface area contributed by atoms with Crippen LogP contribution >= 0.6 is 0 Å². The second kappa shape index (κ2) is 9.26. The summed E-state index contributed by atoms with van der Waals surface area (Å²) in [7, 11) is 1.50. The van der Waals surface area contributed by atoms with E-state index in [1.165, 1.54) is 18.4 Å². The lowest BCUT2D eigenvalue weighted by molar-refractivity contribution is -0.166. The van der Waals surface area contributed by atoms with Gasteiger partial charge < -0.3 is 19.1 Å². The number of fused-ring (bicyclic) bond motifs is 2. The lowest BCUT2D eigenvalue weighted by Gasteiger charge is -2.36. The number of nitrogens with one attached hydrogen (secondary N) is 1. The largest absolute Gasteiger partial charge is 0.479 e. The highest BCUT2D eigenvalue weighted by Crippen LogP contribution is 2.48. The maximum Gasteiger partial charge on any atom is 0.335 e. The number of H-pyrrole nitrogens is 1. The summed E-state index contributed by atoms with van der Waals surface area (Å²) in [4.78, 5) is 12.1. The Balaban J connectivity index is 1.60. The van der Waals surface area contributed by atoms with E-state index in [0.717, 1.165) is 53.2 Å². The number of carboxylic acids is 1. The molecule has 0 atom stereocenters. The van der Waals surface area contributed by atoms with Crippen molar-refractivity contribution in [3.05, 3.63) is 59.2 Å². The summed E-state index contributed by atoms with van der Waals surface area (Å²) in [5.74, 6) is -0.638. The van der Waals surface area contributed by atoms with Crippen molar-refractivity contribution in [2.24, 2.45) is 0 Å². The number of ether oxygens (including phenoxy) is 2. The molecule has 0 amide bonds. The van der Waals surface area contributed by atoms with E-state index < -0.39 is 11.6 Å². The van der Waals surface area contributed by atoms with Crippen LogP contribution in [0.4, 0.5) is 4.39 Å². The van der Waals surface area contributed by atoms with Gasteiger partial charge in [0.2, 0.25) is 0 Å². The summed E-state index contributed by atoms with van der Waals surface area (Å²) in [6, 6.07) is 9.66. The second-order valence-corrected chi connectivity index (χ2v) is 10.6. The summed E-state index contributed by atoms with van der Waals surface area (Å²) in [5.41, 5.74) is 4.97. The van der Waals surface area contributed by atoms with Crippen molar-refractivity contribution in [1.82, 2.24) is 14.8 Å². The number of hydrogen-bond acceptors (Lipinski definition) is 4. The van der Waals surface area contributed by atoms with Crippen molar-refractivity contribution in [2.45, 2.75) is 62.9 Å². The molecule has 1 saturated heterocycles. The molecule has 8 heteroatoms. The Labute approximate surface area is 214 Å². The van der Waals surface area contributed by atoms with Crippen LogP contribution in [0.5, 0.6) is 0 Å². The van der Waals surface area contributed by atoms with E-state index in [2.05, 4.69) is 26.9 Å². The average molecular weight is 506 g/mol. The van der Waals surface area contributed by atoms with Crippen LogP contribution in [0.1, 0.15) is 67.2 Å². The number of rotatable bonds is 5. The number of aliphatic carboxylic acids is 1. The van der Waals surface area contributed by atoms with Gasteiger partial charge in [-0.2, -0.15) is 5.10 Å². The molecule has 194 valence electrons. The molecule has 0 radical (unpaired) electrons. The maximum absolute atomic E-state index is 14.3. The van der Waals surface area contributed by atoms with Gasteiger partial charge in [0.1, 0.15) is 5.82 Å². The van der Waals surface area contributed by atoms with Crippen molar-refractivity contribution in [3.8, 4) is 5.69 Å². The number of aromatic amines is 1. The van der Waals surface area contributed by atoms with Crippen molar-refractivity contribution in [2.75, 3.05) is 20.3 Å². The predicted molar refractivity (Wildman–Crippen MR) is 139 cm³/mol. The van der Waals surface area contributed by atoms with Crippen molar-refractivity contribution in [1.29, 1.82) is 0 Å². The SMILES string of the molecule is CO[C@]1(C(=O)O)CC[C@H](c2c(C3CCOCC3)n(-c3ccc(F)c(C)c3)c3cc4cn[nH]c4cc32)CC1. The molecule has 2 aromatic carbocycles. The topological polar surface area (TPSA) is 89.4 Å². The number of carboxylic acid groups (broad SMARTS) is 1. The van der Waals surface area contributed by atoms with E-state index in [-0.39, 0.29) is 17.7 Å². The molecule has 7 nitrogen and oxygen atoms in total.